The van der Waals surface area contributed by atoms with Crippen LogP contribution in [-0.4, -0.2) is 32.9 Å². The number of nitrogens with one attached hydrogen (secondary N) is 2. The van der Waals surface area contributed by atoms with Gasteiger partial charge in [-0.15, -0.1) is 0 Å². The molecule has 132 valence electrons. The zero-order valence-corrected chi connectivity index (χ0v) is 16.0. The molecule has 1 amide bonds. The maximum atomic E-state index is 11.8. The first kappa shape index (κ1) is 19.1. The van der Waals surface area contributed by atoms with E-state index < -0.39 is 0 Å². The molecule has 0 aliphatic heterocycles. The van der Waals surface area contributed by atoms with Crippen LogP contribution in [0.2, 0.25) is 5.02 Å². The second-order valence-corrected chi connectivity index (χ2v) is 6.18. The second kappa shape index (κ2) is 9.29. The highest BCUT2D eigenvalue weighted by Gasteiger charge is 2.08. The number of carbonyl (C=O) groups excluding carboxylic acids is 1. The van der Waals surface area contributed by atoms with Gasteiger partial charge in [0.05, 0.1) is 31.5 Å². The molecule has 2 N–H and O–H groups in total. The Balaban J connectivity index is 1.94. The van der Waals surface area contributed by atoms with Gasteiger partial charge in [0, 0.05) is 22.3 Å². The first-order chi connectivity index (χ1) is 12.0. The Hall–Kier alpha value is -2.25. The highest BCUT2D eigenvalue weighted by atomic mass is 79.9. The maximum absolute atomic E-state index is 11.8. The lowest BCUT2D eigenvalue weighted by molar-refractivity contribution is -0.119. The van der Waals surface area contributed by atoms with Crippen molar-refractivity contribution >= 4 is 45.3 Å². The van der Waals surface area contributed by atoms with Gasteiger partial charge in [0.25, 0.3) is 5.91 Å². The van der Waals surface area contributed by atoms with Crippen LogP contribution in [0, 0.1) is 0 Å². The zero-order valence-electron chi connectivity index (χ0n) is 13.7. The monoisotopic (exact) mass is 425 g/mol. The first-order valence-electron chi connectivity index (χ1n) is 7.26. The van der Waals surface area contributed by atoms with Gasteiger partial charge in [0.1, 0.15) is 11.5 Å². The van der Waals surface area contributed by atoms with Crippen LogP contribution in [0.5, 0.6) is 11.5 Å². The minimum absolute atomic E-state index is 0.0706. The summed E-state index contributed by atoms with van der Waals surface area (Å²) < 4.78 is 11.3. The van der Waals surface area contributed by atoms with Gasteiger partial charge in [-0.05, 0) is 40.2 Å². The molecule has 8 heteroatoms. The lowest BCUT2D eigenvalue weighted by Gasteiger charge is -2.09. The molecular weight excluding hydrogens is 410 g/mol. The predicted molar refractivity (Wildman–Crippen MR) is 103 cm³/mol. The van der Waals surface area contributed by atoms with Crippen molar-refractivity contribution in [3.63, 3.8) is 0 Å². The number of halogens is 2. The van der Waals surface area contributed by atoms with Crippen LogP contribution in [0.4, 0.5) is 5.69 Å². The van der Waals surface area contributed by atoms with Gasteiger partial charge in [-0.3, -0.25) is 4.79 Å². The Morgan fingerprint density at radius 2 is 2.00 bits per heavy atom. The molecule has 2 aromatic rings. The van der Waals surface area contributed by atoms with Crippen molar-refractivity contribution in [1.82, 2.24) is 5.43 Å². The number of amides is 1. The SMILES string of the molecule is COc1cc(OC)c(/C=N/NC(=O)CNc2cccc(Cl)c2)cc1Br. The summed E-state index contributed by atoms with van der Waals surface area (Å²) in [5, 5.41) is 7.50. The third-order valence-corrected chi connectivity index (χ3v) is 4.03. The largest absolute Gasteiger partial charge is 0.496 e. The van der Waals surface area contributed by atoms with E-state index >= 15 is 0 Å². The summed E-state index contributed by atoms with van der Waals surface area (Å²) in [4.78, 5) is 11.8. The summed E-state index contributed by atoms with van der Waals surface area (Å²) in [5.74, 6) is 0.932. The summed E-state index contributed by atoms with van der Waals surface area (Å²) in [5.41, 5.74) is 3.90. The van der Waals surface area contributed by atoms with Gasteiger partial charge in [0.2, 0.25) is 0 Å². The Labute approximate surface area is 159 Å². The van der Waals surface area contributed by atoms with E-state index in [4.69, 9.17) is 21.1 Å². The average molecular weight is 427 g/mol. The first-order valence-corrected chi connectivity index (χ1v) is 8.43. The molecule has 0 unspecified atom stereocenters. The van der Waals surface area contributed by atoms with Gasteiger partial charge in [-0.25, -0.2) is 5.43 Å². The van der Waals surface area contributed by atoms with Crippen molar-refractivity contribution in [3.8, 4) is 11.5 Å². The van der Waals surface area contributed by atoms with Crippen LogP contribution < -0.4 is 20.2 Å². The molecule has 0 aliphatic carbocycles. The van der Waals surface area contributed by atoms with E-state index in [-0.39, 0.29) is 12.5 Å². The molecule has 0 radical (unpaired) electrons. The summed E-state index contributed by atoms with van der Waals surface area (Å²) in [6, 6.07) is 10.6. The predicted octanol–water partition coefficient (Wildman–Crippen LogP) is 3.68. The molecule has 25 heavy (non-hydrogen) atoms. The minimum atomic E-state index is -0.289. The number of carbonyl (C=O) groups is 1. The summed E-state index contributed by atoms with van der Waals surface area (Å²) >= 11 is 9.28. The van der Waals surface area contributed by atoms with E-state index in [2.05, 4.69) is 31.8 Å². The second-order valence-electron chi connectivity index (χ2n) is 4.89. The van der Waals surface area contributed by atoms with Crippen molar-refractivity contribution in [1.29, 1.82) is 0 Å². The van der Waals surface area contributed by atoms with Crippen LogP contribution in [0.25, 0.3) is 0 Å². The van der Waals surface area contributed by atoms with Crippen LogP contribution >= 0.6 is 27.5 Å². The van der Waals surface area contributed by atoms with Gasteiger partial charge >= 0.3 is 0 Å². The third-order valence-electron chi connectivity index (χ3n) is 3.17. The van der Waals surface area contributed by atoms with Crippen molar-refractivity contribution in [2.24, 2.45) is 5.10 Å². The zero-order chi connectivity index (χ0) is 18.2. The Morgan fingerprint density at radius 3 is 2.68 bits per heavy atom. The molecule has 0 saturated heterocycles. The van der Waals surface area contributed by atoms with Crippen LogP contribution in [0.15, 0.2) is 46.0 Å². The maximum Gasteiger partial charge on any atom is 0.259 e. The number of methoxy groups -OCH3 is 2. The lowest BCUT2D eigenvalue weighted by Crippen LogP contribution is -2.25. The number of hydrogen-bond acceptors (Lipinski definition) is 5. The topological polar surface area (TPSA) is 72.0 Å². The quantitative estimate of drug-likeness (QED) is 0.523. The van der Waals surface area contributed by atoms with E-state index in [9.17, 15) is 4.79 Å². The number of anilines is 1. The van der Waals surface area contributed by atoms with E-state index in [1.807, 2.05) is 6.07 Å². The van der Waals surface area contributed by atoms with Crippen molar-refractivity contribution in [2.45, 2.75) is 0 Å². The third kappa shape index (κ3) is 5.65. The average Bonchev–Trinajstić information content (AvgIpc) is 2.60. The standard InChI is InChI=1S/C17H17BrClN3O3/c1-24-15-8-16(25-2)14(18)6-11(15)9-21-22-17(23)10-20-13-5-3-4-12(19)7-13/h3-9,20H,10H2,1-2H3,(H,22,23)/b21-9+. The molecule has 0 saturated carbocycles. The molecule has 0 heterocycles. The minimum Gasteiger partial charge on any atom is -0.496 e. The van der Waals surface area contributed by atoms with Crippen LogP contribution in [0.1, 0.15) is 5.56 Å². The fourth-order valence-corrected chi connectivity index (χ4v) is 2.69. The van der Waals surface area contributed by atoms with Gasteiger partial charge < -0.3 is 14.8 Å². The molecule has 0 spiro atoms. The molecule has 6 nitrogen and oxygen atoms in total. The van der Waals surface area contributed by atoms with E-state index in [1.54, 1.807) is 44.6 Å². The van der Waals surface area contributed by atoms with Gasteiger partial charge in [-0.2, -0.15) is 5.10 Å². The molecule has 0 fully saturated rings. The lowest BCUT2D eigenvalue weighted by atomic mass is 10.2. The number of hydrogen-bond donors (Lipinski definition) is 2. The smallest absolute Gasteiger partial charge is 0.259 e. The number of ether oxygens (including phenoxy) is 2. The Bertz CT molecular complexity index is 784. The fraction of sp³-hybridized carbons (Fsp3) is 0.176. The Morgan fingerprint density at radius 1 is 1.24 bits per heavy atom. The number of hydrazone groups is 1. The van der Waals surface area contributed by atoms with Crippen molar-refractivity contribution in [3.05, 3.63) is 51.5 Å². The molecule has 0 atom stereocenters. The van der Waals surface area contributed by atoms with Crippen molar-refractivity contribution < 1.29 is 14.3 Å². The van der Waals surface area contributed by atoms with Gasteiger partial charge in [-0.1, -0.05) is 17.7 Å². The molecule has 0 bridgehead atoms. The molecule has 0 aliphatic rings. The Kier molecular flexibility index (Phi) is 7.09. The highest BCUT2D eigenvalue weighted by Crippen LogP contribution is 2.31. The summed E-state index contributed by atoms with van der Waals surface area (Å²) in [6.07, 6.45) is 1.50. The normalized spacial score (nSPS) is 10.6. The molecular formula is C17H17BrClN3O3. The number of benzene rings is 2. The molecule has 2 aromatic carbocycles. The van der Waals surface area contributed by atoms with E-state index in [1.165, 1.54) is 6.21 Å². The van der Waals surface area contributed by atoms with E-state index in [0.29, 0.717) is 22.1 Å². The molecule has 0 aromatic heterocycles. The van der Waals surface area contributed by atoms with Crippen molar-refractivity contribution in [2.75, 3.05) is 26.1 Å². The fourth-order valence-electron chi connectivity index (χ4n) is 1.98. The van der Waals surface area contributed by atoms with Gasteiger partial charge in [0.15, 0.2) is 0 Å². The van der Waals surface area contributed by atoms with E-state index in [0.717, 1.165) is 10.2 Å². The summed E-state index contributed by atoms with van der Waals surface area (Å²) in [6.45, 7) is 0.0706. The van der Waals surface area contributed by atoms with Crippen LogP contribution in [-0.2, 0) is 4.79 Å². The summed E-state index contributed by atoms with van der Waals surface area (Å²) in [7, 11) is 3.12. The number of nitrogens with zero attached hydrogens (tertiary/aromatic N) is 1. The molecule has 2 rings (SSSR count). The number of rotatable bonds is 7. The van der Waals surface area contributed by atoms with Crippen LogP contribution in [0.3, 0.4) is 0 Å². The highest BCUT2D eigenvalue weighted by molar-refractivity contribution is 9.10.